The smallest absolute Gasteiger partial charge is 0.175 e. The molecule has 0 radical (unpaired) electrons. The lowest BCUT2D eigenvalue weighted by Gasteiger charge is -2.18. The molecule has 0 aromatic carbocycles. The van der Waals surface area contributed by atoms with E-state index in [0.29, 0.717) is 0 Å². The van der Waals surface area contributed by atoms with Crippen molar-refractivity contribution < 1.29 is 0 Å². The molecule has 18 heavy (non-hydrogen) atoms. The highest BCUT2D eigenvalue weighted by Gasteiger charge is 2.19. The van der Waals surface area contributed by atoms with Crippen molar-refractivity contribution in [1.82, 2.24) is 15.2 Å². The van der Waals surface area contributed by atoms with Crippen molar-refractivity contribution >= 4 is 34.9 Å². The van der Waals surface area contributed by atoms with Gasteiger partial charge in [0.25, 0.3) is 0 Å². The third kappa shape index (κ3) is 3.44. The first-order chi connectivity index (χ1) is 8.70. The molecule has 0 spiro atoms. The van der Waals surface area contributed by atoms with E-state index >= 15 is 0 Å². The molecule has 0 saturated carbocycles. The third-order valence-electron chi connectivity index (χ3n) is 2.30. The number of rotatable bonds is 5. The summed E-state index contributed by atoms with van der Waals surface area (Å²) in [5, 5.41) is 8.45. The van der Waals surface area contributed by atoms with Gasteiger partial charge in [-0.1, -0.05) is 34.9 Å². The van der Waals surface area contributed by atoms with Crippen LogP contribution in [-0.4, -0.2) is 27.5 Å². The van der Waals surface area contributed by atoms with Crippen molar-refractivity contribution in [1.29, 1.82) is 0 Å². The van der Waals surface area contributed by atoms with Crippen molar-refractivity contribution in [2.45, 2.75) is 26.9 Å². The van der Waals surface area contributed by atoms with Gasteiger partial charge in [-0.2, -0.15) is 0 Å². The molecule has 4 nitrogen and oxygen atoms in total. The predicted octanol–water partition coefficient (Wildman–Crippen LogP) is 2.84. The van der Waals surface area contributed by atoms with Crippen molar-refractivity contribution in [3.8, 4) is 0 Å². The molecule has 0 amide bonds. The van der Waals surface area contributed by atoms with Crippen LogP contribution in [0.25, 0.3) is 0 Å². The number of aromatic nitrogens is 3. The minimum atomic E-state index is 0.0408. The fraction of sp³-hybridized carbons (Fsp3) is 0.364. The maximum atomic E-state index is 6.07. The van der Waals surface area contributed by atoms with Crippen LogP contribution < -0.4 is 5.73 Å². The second kappa shape index (κ2) is 6.51. The molecular formula is C11H14N4S3. The highest BCUT2D eigenvalue weighted by atomic mass is 32.2. The van der Waals surface area contributed by atoms with Gasteiger partial charge in [-0.3, -0.25) is 4.98 Å². The summed E-state index contributed by atoms with van der Waals surface area (Å²) in [6.07, 6.45) is 5.58. The summed E-state index contributed by atoms with van der Waals surface area (Å²) in [5.41, 5.74) is 7.24. The Morgan fingerprint density at radius 2 is 1.89 bits per heavy atom. The number of hydrogen-bond donors (Lipinski definition) is 1. The van der Waals surface area contributed by atoms with Crippen LogP contribution >= 0.6 is 34.9 Å². The average molecular weight is 298 g/mol. The van der Waals surface area contributed by atoms with Crippen molar-refractivity contribution in [3.05, 3.63) is 30.1 Å². The predicted molar refractivity (Wildman–Crippen MR) is 78.2 cm³/mol. The molecule has 0 aliphatic rings. The Bertz CT molecular complexity index is 486. The molecule has 2 unspecified atom stereocenters. The third-order valence-corrected chi connectivity index (χ3v) is 5.77. The maximum absolute atomic E-state index is 6.07. The summed E-state index contributed by atoms with van der Waals surface area (Å²) in [5.74, 6) is 0. The quantitative estimate of drug-likeness (QED) is 0.856. The Kier molecular flexibility index (Phi) is 4.99. The highest BCUT2D eigenvalue weighted by molar-refractivity contribution is 8.03. The van der Waals surface area contributed by atoms with Gasteiger partial charge in [0.2, 0.25) is 0 Å². The van der Waals surface area contributed by atoms with Gasteiger partial charge in [-0.05, 0) is 30.9 Å². The van der Waals surface area contributed by atoms with Gasteiger partial charge in [0.05, 0.1) is 5.25 Å². The molecule has 96 valence electrons. The van der Waals surface area contributed by atoms with Crippen LogP contribution in [0.5, 0.6) is 0 Å². The topological polar surface area (TPSA) is 64.7 Å². The van der Waals surface area contributed by atoms with Gasteiger partial charge in [-0.25, -0.2) is 0 Å². The number of pyridine rings is 1. The van der Waals surface area contributed by atoms with Gasteiger partial charge in [-0.15, -0.1) is 10.2 Å². The molecule has 2 rings (SSSR count). The fourth-order valence-electron chi connectivity index (χ4n) is 1.47. The first kappa shape index (κ1) is 13.8. The van der Waals surface area contributed by atoms with E-state index in [4.69, 9.17) is 5.73 Å². The van der Waals surface area contributed by atoms with Gasteiger partial charge >= 0.3 is 0 Å². The first-order valence-corrected chi connectivity index (χ1v) is 8.32. The highest BCUT2D eigenvalue weighted by Crippen LogP contribution is 2.39. The molecule has 0 saturated heterocycles. The normalized spacial score (nSPS) is 14.4. The molecular weight excluding hydrogens is 284 g/mol. The van der Waals surface area contributed by atoms with E-state index in [2.05, 4.69) is 15.2 Å². The van der Waals surface area contributed by atoms with Gasteiger partial charge in [0, 0.05) is 18.4 Å². The lowest BCUT2D eigenvalue weighted by Crippen LogP contribution is -2.22. The minimum Gasteiger partial charge on any atom is -0.327 e. The van der Waals surface area contributed by atoms with Crippen LogP contribution in [0.3, 0.4) is 0 Å². The fourth-order valence-corrected chi connectivity index (χ4v) is 4.18. The van der Waals surface area contributed by atoms with Crippen LogP contribution in [-0.2, 0) is 0 Å². The van der Waals surface area contributed by atoms with Crippen molar-refractivity contribution in [2.24, 2.45) is 5.73 Å². The van der Waals surface area contributed by atoms with E-state index in [1.165, 1.54) is 5.56 Å². The Hall–Kier alpha value is -0.630. The van der Waals surface area contributed by atoms with Crippen molar-refractivity contribution in [2.75, 3.05) is 6.26 Å². The number of nitrogens with zero attached hydrogens (tertiary/aromatic N) is 3. The maximum Gasteiger partial charge on any atom is 0.175 e. The molecule has 0 bridgehead atoms. The SMILES string of the molecule is CSc1nnc(SC(c2ccncc2)C(C)N)s1. The van der Waals surface area contributed by atoms with Crippen LogP contribution in [0.4, 0.5) is 0 Å². The van der Waals surface area contributed by atoms with Gasteiger partial charge in [0.1, 0.15) is 0 Å². The number of hydrogen-bond acceptors (Lipinski definition) is 7. The summed E-state index contributed by atoms with van der Waals surface area (Å²) in [7, 11) is 0. The molecule has 2 N–H and O–H groups in total. The second-order valence-corrected chi connectivity index (χ2v) is 7.14. The van der Waals surface area contributed by atoms with Crippen LogP contribution in [0.1, 0.15) is 17.7 Å². The molecule has 2 aromatic heterocycles. The zero-order valence-corrected chi connectivity index (χ0v) is 12.6. The molecule has 0 aliphatic carbocycles. The van der Waals surface area contributed by atoms with Gasteiger partial charge in [0.15, 0.2) is 8.68 Å². The molecule has 2 atom stereocenters. The summed E-state index contributed by atoms with van der Waals surface area (Å²) in [4.78, 5) is 4.03. The van der Waals surface area contributed by atoms with E-state index in [9.17, 15) is 0 Å². The Morgan fingerprint density at radius 1 is 1.22 bits per heavy atom. The van der Waals surface area contributed by atoms with E-state index in [-0.39, 0.29) is 11.3 Å². The standard InChI is InChI=1S/C11H14N4S3/c1-7(12)9(8-3-5-13-6-4-8)17-11-15-14-10(16-2)18-11/h3-7,9H,12H2,1-2H3. The van der Waals surface area contributed by atoms with Crippen LogP contribution in [0.15, 0.2) is 33.2 Å². The first-order valence-electron chi connectivity index (χ1n) is 5.40. The van der Waals surface area contributed by atoms with E-state index < -0.39 is 0 Å². The zero-order chi connectivity index (χ0) is 13.0. The molecule has 2 aromatic rings. The zero-order valence-electron chi connectivity index (χ0n) is 10.1. The molecule has 0 fully saturated rings. The minimum absolute atomic E-state index is 0.0408. The second-order valence-electron chi connectivity index (χ2n) is 3.72. The Labute approximate surface area is 119 Å². The van der Waals surface area contributed by atoms with Crippen molar-refractivity contribution in [3.63, 3.8) is 0 Å². The molecule has 7 heteroatoms. The monoisotopic (exact) mass is 298 g/mol. The largest absolute Gasteiger partial charge is 0.327 e. The van der Waals surface area contributed by atoms with E-state index in [1.807, 2.05) is 25.3 Å². The summed E-state index contributed by atoms with van der Waals surface area (Å²) in [6, 6.07) is 4.04. The van der Waals surface area contributed by atoms with E-state index in [0.717, 1.165) is 8.68 Å². The summed E-state index contributed by atoms with van der Waals surface area (Å²) in [6.45, 7) is 2.01. The number of nitrogens with two attached hydrogens (primary N) is 1. The van der Waals surface area contributed by atoms with E-state index in [1.54, 1.807) is 47.3 Å². The molecule has 0 aliphatic heterocycles. The Morgan fingerprint density at radius 3 is 2.44 bits per heavy atom. The number of thioether (sulfide) groups is 2. The van der Waals surface area contributed by atoms with Crippen LogP contribution in [0, 0.1) is 0 Å². The summed E-state index contributed by atoms with van der Waals surface area (Å²) < 4.78 is 1.94. The van der Waals surface area contributed by atoms with Gasteiger partial charge < -0.3 is 5.73 Å². The van der Waals surface area contributed by atoms with Crippen LogP contribution in [0.2, 0.25) is 0 Å². The Balaban J connectivity index is 2.17. The lowest BCUT2D eigenvalue weighted by molar-refractivity contribution is 0.719. The molecule has 2 heterocycles. The average Bonchev–Trinajstić information content (AvgIpc) is 2.84. The summed E-state index contributed by atoms with van der Waals surface area (Å²) >= 11 is 4.88. The lowest BCUT2D eigenvalue weighted by atomic mass is 10.1.